The molecule has 4 rings (SSSR count). The fourth-order valence-corrected chi connectivity index (χ4v) is 3.61. The van der Waals surface area contributed by atoms with Crippen LogP contribution in [0.25, 0.3) is 11.5 Å². The number of nitrogens with zero attached hydrogens (tertiary/aromatic N) is 1. The average molecular weight is 463 g/mol. The number of aromatic nitrogens is 1. The number of amides is 2. The first-order valence-corrected chi connectivity index (χ1v) is 11.1. The number of hydrogen-bond donors (Lipinski definition) is 3. The third kappa shape index (κ3) is 6.44. The number of anilines is 3. The molecule has 0 atom stereocenters. The van der Waals surface area contributed by atoms with E-state index in [0.717, 1.165) is 11.4 Å². The van der Waals surface area contributed by atoms with Gasteiger partial charge in [-0.25, -0.2) is 4.98 Å². The fraction of sp³-hybridized carbons (Fsp3) is 0.125. The van der Waals surface area contributed by atoms with Crippen molar-refractivity contribution in [2.75, 3.05) is 17.2 Å². The second kappa shape index (κ2) is 10.5. The van der Waals surface area contributed by atoms with Crippen molar-refractivity contribution in [3.63, 3.8) is 0 Å². The van der Waals surface area contributed by atoms with E-state index in [0.29, 0.717) is 34.6 Å². The SMILES string of the molecule is CC(=O)NCc1ccc(-c2csc(NC(=O)COc3ccc(Nc4ccccc4)cc3)n2)o1. The summed E-state index contributed by atoms with van der Waals surface area (Å²) in [6.45, 7) is 1.62. The first-order chi connectivity index (χ1) is 16.0. The Morgan fingerprint density at radius 3 is 2.52 bits per heavy atom. The van der Waals surface area contributed by atoms with E-state index in [4.69, 9.17) is 9.15 Å². The molecule has 0 aliphatic heterocycles. The number of para-hydroxylation sites is 1. The Balaban J connectivity index is 1.26. The Bertz CT molecular complexity index is 1220. The van der Waals surface area contributed by atoms with Gasteiger partial charge in [0.25, 0.3) is 5.91 Å². The Morgan fingerprint density at radius 2 is 1.76 bits per heavy atom. The molecule has 0 aliphatic carbocycles. The minimum Gasteiger partial charge on any atom is -0.484 e. The lowest BCUT2D eigenvalue weighted by molar-refractivity contribution is -0.119. The van der Waals surface area contributed by atoms with Gasteiger partial charge in [0.15, 0.2) is 17.5 Å². The molecular formula is C24H22N4O4S. The van der Waals surface area contributed by atoms with Crippen molar-refractivity contribution in [2.45, 2.75) is 13.5 Å². The van der Waals surface area contributed by atoms with Gasteiger partial charge < -0.3 is 19.8 Å². The van der Waals surface area contributed by atoms with E-state index in [1.165, 1.54) is 18.3 Å². The Morgan fingerprint density at radius 1 is 1.00 bits per heavy atom. The van der Waals surface area contributed by atoms with Gasteiger partial charge in [-0.3, -0.25) is 14.9 Å². The van der Waals surface area contributed by atoms with Crippen LogP contribution in [0, 0.1) is 0 Å². The van der Waals surface area contributed by atoms with Gasteiger partial charge in [-0.05, 0) is 48.5 Å². The number of furan rings is 1. The van der Waals surface area contributed by atoms with Gasteiger partial charge in [-0.15, -0.1) is 11.3 Å². The zero-order valence-electron chi connectivity index (χ0n) is 17.8. The molecule has 0 bridgehead atoms. The van der Waals surface area contributed by atoms with Gasteiger partial charge in [0.1, 0.15) is 17.2 Å². The highest BCUT2D eigenvalue weighted by molar-refractivity contribution is 7.14. The van der Waals surface area contributed by atoms with E-state index < -0.39 is 0 Å². The molecule has 4 aromatic rings. The topological polar surface area (TPSA) is 105 Å². The summed E-state index contributed by atoms with van der Waals surface area (Å²) in [4.78, 5) is 27.6. The molecule has 0 saturated carbocycles. The summed E-state index contributed by atoms with van der Waals surface area (Å²) in [5.74, 6) is 1.33. The molecule has 33 heavy (non-hydrogen) atoms. The highest BCUT2D eigenvalue weighted by atomic mass is 32.1. The molecule has 0 unspecified atom stereocenters. The van der Waals surface area contributed by atoms with E-state index in [9.17, 15) is 9.59 Å². The van der Waals surface area contributed by atoms with Crippen LogP contribution in [-0.4, -0.2) is 23.4 Å². The van der Waals surface area contributed by atoms with Crippen molar-refractivity contribution < 1.29 is 18.7 Å². The molecule has 0 fully saturated rings. The number of carbonyl (C=O) groups is 2. The summed E-state index contributed by atoms with van der Waals surface area (Å²) in [6, 6.07) is 20.8. The van der Waals surface area contributed by atoms with Gasteiger partial charge in [-0.1, -0.05) is 18.2 Å². The summed E-state index contributed by atoms with van der Waals surface area (Å²) in [7, 11) is 0. The van der Waals surface area contributed by atoms with Gasteiger partial charge in [-0.2, -0.15) is 0 Å². The smallest absolute Gasteiger partial charge is 0.264 e. The molecule has 3 N–H and O–H groups in total. The number of nitrogens with one attached hydrogen (secondary N) is 3. The van der Waals surface area contributed by atoms with Crippen LogP contribution in [0.1, 0.15) is 12.7 Å². The maximum Gasteiger partial charge on any atom is 0.264 e. The molecule has 0 radical (unpaired) electrons. The molecule has 2 aromatic carbocycles. The molecule has 2 aromatic heterocycles. The van der Waals surface area contributed by atoms with E-state index in [-0.39, 0.29) is 18.4 Å². The van der Waals surface area contributed by atoms with Crippen LogP contribution in [0.4, 0.5) is 16.5 Å². The van der Waals surface area contributed by atoms with Crippen LogP contribution in [-0.2, 0) is 16.1 Å². The van der Waals surface area contributed by atoms with Crippen molar-refractivity contribution in [1.82, 2.24) is 10.3 Å². The Hall–Kier alpha value is -4.11. The lowest BCUT2D eigenvalue weighted by Crippen LogP contribution is -2.20. The minimum absolute atomic E-state index is 0.131. The quantitative estimate of drug-likeness (QED) is 0.330. The summed E-state index contributed by atoms with van der Waals surface area (Å²) >= 11 is 1.29. The largest absolute Gasteiger partial charge is 0.484 e. The molecule has 0 spiro atoms. The molecule has 0 aliphatic rings. The van der Waals surface area contributed by atoms with Crippen LogP contribution in [0.15, 0.2) is 76.5 Å². The predicted octanol–water partition coefficient (Wildman–Crippen LogP) is 4.80. The lowest BCUT2D eigenvalue weighted by atomic mass is 10.2. The van der Waals surface area contributed by atoms with Gasteiger partial charge in [0.05, 0.1) is 6.54 Å². The molecule has 8 nitrogen and oxygen atoms in total. The molecule has 2 heterocycles. The normalized spacial score (nSPS) is 10.5. The second-order valence-electron chi connectivity index (χ2n) is 7.07. The zero-order valence-corrected chi connectivity index (χ0v) is 18.6. The third-order valence-electron chi connectivity index (χ3n) is 4.46. The van der Waals surface area contributed by atoms with Gasteiger partial charge >= 0.3 is 0 Å². The minimum atomic E-state index is -0.312. The lowest BCUT2D eigenvalue weighted by Gasteiger charge is -2.09. The van der Waals surface area contributed by atoms with Crippen LogP contribution in [0.2, 0.25) is 0 Å². The summed E-state index contributed by atoms with van der Waals surface area (Å²) < 4.78 is 11.2. The van der Waals surface area contributed by atoms with Crippen LogP contribution >= 0.6 is 11.3 Å². The molecular weight excluding hydrogens is 440 g/mol. The summed E-state index contributed by atoms with van der Waals surface area (Å²) in [6.07, 6.45) is 0. The van der Waals surface area contributed by atoms with Crippen molar-refractivity contribution >= 4 is 39.7 Å². The predicted molar refractivity (Wildman–Crippen MR) is 128 cm³/mol. The maximum atomic E-state index is 12.2. The number of carbonyl (C=O) groups excluding carboxylic acids is 2. The number of thiazole rings is 1. The van der Waals surface area contributed by atoms with E-state index in [1.807, 2.05) is 42.5 Å². The van der Waals surface area contributed by atoms with Gasteiger partial charge in [0.2, 0.25) is 5.91 Å². The van der Waals surface area contributed by atoms with Crippen molar-refractivity contribution in [3.05, 3.63) is 77.9 Å². The van der Waals surface area contributed by atoms with Gasteiger partial charge in [0, 0.05) is 23.7 Å². The van der Waals surface area contributed by atoms with E-state index >= 15 is 0 Å². The van der Waals surface area contributed by atoms with Crippen LogP contribution < -0.4 is 20.7 Å². The molecule has 9 heteroatoms. The third-order valence-corrected chi connectivity index (χ3v) is 5.22. The first kappa shape index (κ1) is 22.1. The van der Waals surface area contributed by atoms with Crippen LogP contribution in [0.3, 0.4) is 0 Å². The molecule has 168 valence electrons. The van der Waals surface area contributed by atoms with E-state index in [1.54, 1.807) is 29.6 Å². The van der Waals surface area contributed by atoms with Crippen molar-refractivity contribution in [3.8, 4) is 17.2 Å². The highest BCUT2D eigenvalue weighted by Gasteiger charge is 2.12. The Kier molecular flexibility index (Phi) is 7.01. The number of hydrogen-bond acceptors (Lipinski definition) is 7. The highest BCUT2D eigenvalue weighted by Crippen LogP contribution is 2.26. The van der Waals surface area contributed by atoms with Crippen molar-refractivity contribution in [1.29, 1.82) is 0 Å². The zero-order chi connectivity index (χ0) is 23.0. The maximum absolute atomic E-state index is 12.2. The monoisotopic (exact) mass is 462 g/mol. The summed E-state index contributed by atoms with van der Waals surface area (Å²) in [5, 5.41) is 10.9. The number of ether oxygens (including phenoxy) is 1. The second-order valence-corrected chi connectivity index (χ2v) is 7.92. The number of rotatable bonds is 9. The van der Waals surface area contributed by atoms with E-state index in [2.05, 4.69) is 20.9 Å². The average Bonchev–Trinajstić information content (AvgIpc) is 3.47. The standard InChI is InChI=1S/C24H22N4O4S/c1-16(29)25-13-20-11-12-22(32-20)21-15-33-24(27-21)28-23(30)14-31-19-9-7-18(8-10-19)26-17-5-3-2-4-6-17/h2-12,15,26H,13-14H2,1H3,(H,25,29)(H,27,28,30). The molecule has 2 amide bonds. The Labute approximate surface area is 194 Å². The molecule has 0 saturated heterocycles. The fourth-order valence-electron chi connectivity index (χ4n) is 2.89. The summed E-state index contributed by atoms with van der Waals surface area (Å²) in [5.41, 5.74) is 2.52. The number of benzene rings is 2. The van der Waals surface area contributed by atoms with Crippen LogP contribution in [0.5, 0.6) is 5.75 Å². The first-order valence-electron chi connectivity index (χ1n) is 10.2. The van der Waals surface area contributed by atoms with Crippen molar-refractivity contribution in [2.24, 2.45) is 0 Å².